The van der Waals surface area contributed by atoms with Crippen molar-refractivity contribution in [2.24, 2.45) is 7.05 Å². The van der Waals surface area contributed by atoms with Crippen molar-refractivity contribution < 1.29 is 14.3 Å². The number of aromatic nitrogens is 2. The van der Waals surface area contributed by atoms with Gasteiger partial charge in [-0.1, -0.05) is 18.2 Å². The number of carbonyl (C=O) groups excluding carboxylic acids is 1. The number of rotatable bonds is 3. The average Bonchev–Trinajstić information content (AvgIpc) is 2.85. The monoisotopic (exact) mass is 289 g/mol. The Morgan fingerprint density at radius 2 is 2.24 bits per heavy atom. The Labute approximate surface area is 123 Å². The summed E-state index contributed by atoms with van der Waals surface area (Å²) in [6.07, 6.45) is -0.0670. The molecule has 1 aliphatic rings. The van der Waals surface area contributed by atoms with Gasteiger partial charge in [-0.15, -0.1) is 0 Å². The summed E-state index contributed by atoms with van der Waals surface area (Å²) in [5, 5.41) is 5.23. The second-order valence-electron chi connectivity index (χ2n) is 5.24. The van der Waals surface area contributed by atoms with Crippen molar-refractivity contribution in [3.05, 3.63) is 30.0 Å². The van der Waals surface area contributed by atoms with E-state index in [0.717, 1.165) is 10.9 Å². The number of benzene rings is 1. The van der Waals surface area contributed by atoms with E-state index in [1.807, 2.05) is 31.3 Å². The fraction of sp³-hybridized carbons (Fsp3) is 0.467. The Bertz CT molecular complexity index is 647. The standard InChI is InChI=1S/C15H19N3O3/c1-17(9-11-10-20-7-8-21-11)15(19)14-12-5-3-4-6-13(12)18(2)16-14/h3-6,11H,7-10H2,1-2H3. The molecule has 1 atom stereocenters. The first-order chi connectivity index (χ1) is 10.2. The molecule has 0 saturated carbocycles. The van der Waals surface area contributed by atoms with Crippen LogP contribution >= 0.6 is 0 Å². The summed E-state index contributed by atoms with van der Waals surface area (Å²) in [5.41, 5.74) is 1.43. The quantitative estimate of drug-likeness (QED) is 0.848. The third-order valence-electron chi connectivity index (χ3n) is 3.67. The number of fused-ring (bicyclic) bond motifs is 1. The van der Waals surface area contributed by atoms with Gasteiger partial charge < -0.3 is 14.4 Å². The molecule has 2 heterocycles. The van der Waals surface area contributed by atoms with Crippen molar-refractivity contribution in [2.75, 3.05) is 33.4 Å². The number of likely N-dealkylation sites (N-methyl/N-ethyl adjacent to an activating group) is 1. The lowest BCUT2D eigenvalue weighted by molar-refractivity contribution is -0.0933. The molecule has 2 aromatic rings. The number of carbonyl (C=O) groups is 1. The fourth-order valence-electron chi connectivity index (χ4n) is 2.58. The molecule has 6 nitrogen and oxygen atoms in total. The number of para-hydroxylation sites is 1. The van der Waals surface area contributed by atoms with E-state index < -0.39 is 0 Å². The zero-order chi connectivity index (χ0) is 14.8. The van der Waals surface area contributed by atoms with Crippen LogP contribution in [0.25, 0.3) is 10.9 Å². The van der Waals surface area contributed by atoms with Gasteiger partial charge >= 0.3 is 0 Å². The van der Waals surface area contributed by atoms with Gasteiger partial charge in [0.05, 0.1) is 31.4 Å². The van der Waals surface area contributed by atoms with Gasteiger partial charge in [-0.2, -0.15) is 5.10 Å². The Hall–Kier alpha value is -1.92. The highest BCUT2D eigenvalue weighted by molar-refractivity contribution is 6.04. The minimum Gasteiger partial charge on any atom is -0.376 e. The van der Waals surface area contributed by atoms with Crippen molar-refractivity contribution in [2.45, 2.75) is 6.10 Å². The maximum absolute atomic E-state index is 12.6. The normalized spacial score (nSPS) is 18.9. The highest BCUT2D eigenvalue weighted by Crippen LogP contribution is 2.19. The van der Waals surface area contributed by atoms with Crippen molar-refractivity contribution in [1.29, 1.82) is 0 Å². The molecule has 21 heavy (non-hydrogen) atoms. The van der Waals surface area contributed by atoms with E-state index in [1.54, 1.807) is 16.6 Å². The Morgan fingerprint density at radius 1 is 1.43 bits per heavy atom. The van der Waals surface area contributed by atoms with E-state index in [0.29, 0.717) is 32.1 Å². The van der Waals surface area contributed by atoms with Gasteiger partial charge in [0.2, 0.25) is 0 Å². The summed E-state index contributed by atoms with van der Waals surface area (Å²) in [6.45, 7) is 2.24. The van der Waals surface area contributed by atoms with Crippen LogP contribution in [0, 0.1) is 0 Å². The van der Waals surface area contributed by atoms with Gasteiger partial charge in [0, 0.05) is 26.0 Å². The minimum absolute atomic E-state index is 0.0670. The van der Waals surface area contributed by atoms with Crippen molar-refractivity contribution in [3.63, 3.8) is 0 Å². The topological polar surface area (TPSA) is 56.6 Å². The van der Waals surface area contributed by atoms with Gasteiger partial charge in [-0.25, -0.2) is 0 Å². The fourth-order valence-corrected chi connectivity index (χ4v) is 2.58. The van der Waals surface area contributed by atoms with E-state index in [1.165, 1.54) is 0 Å². The molecule has 0 spiro atoms. The van der Waals surface area contributed by atoms with Crippen LogP contribution in [0.4, 0.5) is 0 Å². The van der Waals surface area contributed by atoms with Crippen LogP contribution in [0.3, 0.4) is 0 Å². The lowest BCUT2D eigenvalue weighted by Gasteiger charge is -2.27. The Morgan fingerprint density at radius 3 is 3.00 bits per heavy atom. The summed E-state index contributed by atoms with van der Waals surface area (Å²) < 4.78 is 12.7. The summed E-state index contributed by atoms with van der Waals surface area (Å²) in [6, 6.07) is 7.73. The molecule has 6 heteroatoms. The molecule has 3 rings (SSSR count). The molecule has 1 unspecified atom stereocenters. The molecule has 1 aliphatic heterocycles. The van der Waals surface area contributed by atoms with E-state index in [9.17, 15) is 4.79 Å². The molecule has 112 valence electrons. The number of hydrogen-bond donors (Lipinski definition) is 0. The molecule has 1 aromatic heterocycles. The minimum atomic E-state index is -0.0963. The molecule has 0 bridgehead atoms. The van der Waals surface area contributed by atoms with Crippen LogP contribution in [-0.4, -0.2) is 60.1 Å². The number of ether oxygens (including phenoxy) is 2. The van der Waals surface area contributed by atoms with Gasteiger partial charge in [-0.05, 0) is 6.07 Å². The lowest BCUT2D eigenvalue weighted by atomic mass is 10.2. The van der Waals surface area contributed by atoms with Crippen LogP contribution < -0.4 is 0 Å². The maximum Gasteiger partial charge on any atom is 0.274 e. The number of amides is 1. The van der Waals surface area contributed by atoms with E-state index in [-0.39, 0.29) is 12.0 Å². The highest BCUT2D eigenvalue weighted by atomic mass is 16.6. The predicted octanol–water partition coefficient (Wildman–Crippen LogP) is 1.06. The largest absolute Gasteiger partial charge is 0.376 e. The van der Waals surface area contributed by atoms with Gasteiger partial charge in [0.25, 0.3) is 5.91 Å². The molecule has 0 aliphatic carbocycles. The van der Waals surface area contributed by atoms with Gasteiger partial charge in [-0.3, -0.25) is 9.48 Å². The highest BCUT2D eigenvalue weighted by Gasteiger charge is 2.23. The Balaban J connectivity index is 1.79. The number of aryl methyl sites for hydroxylation is 1. The van der Waals surface area contributed by atoms with E-state index >= 15 is 0 Å². The second kappa shape index (κ2) is 5.83. The zero-order valence-electron chi connectivity index (χ0n) is 12.3. The molecule has 1 aromatic carbocycles. The number of hydrogen-bond acceptors (Lipinski definition) is 4. The summed E-state index contributed by atoms with van der Waals surface area (Å²) in [5.74, 6) is -0.0963. The third kappa shape index (κ3) is 2.77. The first-order valence-electron chi connectivity index (χ1n) is 7.03. The van der Waals surface area contributed by atoms with Crippen molar-refractivity contribution in [1.82, 2.24) is 14.7 Å². The average molecular weight is 289 g/mol. The molecular weight excluding hydrogens is 270 g/mol. The van der Waals surface area contributed by atoms with Crippen LogP contribution in [0.1, 0.15) is 10.5 Å². The molecule has 0 radical (unpaired) electrons. The first kappa shape index (κ1) is 14.0. The SMILES string of the molecule is CN(CC1COCCO1)C(=O)c1nn(C)c2ccccc12. The maximum atomic E-state index is 12.6. The van der Waals surface area contributed by atoms with Crippen LogP contribution in [0.15, 0.2) is 24.3 Å². The first-order valence-corrected chi connectivity index (χ1v) is 7.03. The van der Waals surface area contributed by atoms with Crippen molar-refractivity contribution >= 4 is 16.8 Å². The lowest BCUT2D eigenvalue weighted by Crippen LogP contribution is -2.41. The van der Waals surface area contributed by atoms with Crippen LogP contribution in [-0.2, 0) is 16.5 Å². The van der Waals surface area contributed by atoms with Crippen LogP contribution in [0.5, 0.6) is 0 Å². The van der Waals surface area contributed by atoms with Crippen molar-refractivity contribution in [3.8, 4) is 0 Å². The zero-order valence-corrected chi connectivity index (χ0v) is 12.3. The molecule has 1 fully saturated rings. The molecule has 0 N–H and O–H groups in total. The summed E-state index contributed by atoms with van der Waals surface area (Å²) in [7, 11) is 3.61. The predicted molar refractivity (Wildman–Crippen MR) is 78.2 cm³/mol. The van der Waals surface area contributed by atoms with Gasteiger partial charge in [0.15, 0.2) is 5.69 Å². The summed E-state index contributed by atoms with van der Waals surface area (Å²) >= 11 is 0. The second-order valence-corrected chi connectivity index (χ2v) is 5.24. The van der Waals surface area contributed by atoms with Gasteiger partial charge in [0.1, 0.15) is 0 Å². The van der Waals surface area contributed by atoms with E-state index in [4.69, 9.17) is 9.47 Å². The van der Waals surface area contributed by atoms with E-state index in [2.05, 4.69) is 5.10 Å². The molecular formula is C15H19N3O3. The molecule has 1 amide bonds. The third-order valence-corrected chi connectivity index (χ3v) is 3.67. The summed E-state index contributed by atoms with van der Waals surface area (Å²) in [4.78, 5) is 14.2. The van der Waals surface area contributed by atoms with Crippen LogP contribution in [0.2, 0.25) is 0 Å². The Kier molecular flexibility index (Phi) is 3.90. The smallest absolute Gasteiger partial charge is 0.274 e. The molecule has 1 saturated heterocycles. The number of nitrogens with zero attached hydrogens (tertiary/aromatic N) is 3.